The van der Waals surface area contributed by atoms with E-state index in [0.717, 1.165) is 4.88 Å². The molecule has 0 aliphatic carbocycles. The first-order chi connectivity index (χ1) is 11.1. The van der Waals surface area contributed by atoms with Gasteiger partial charge < -0.3 is 14.3 Å². The summed E-state index contributed by atoms with van der Waals surface area (Å²) < 4.78 is 7.06. The van der Waals surface area contributed by atoms with Crippen LogP contribution in [0, 0.1) is 6.92 Å². The van der Waals surface area contributed by atoms with Crippen molar-refractivity contribution in [1.29, 1.82) is 0 Å². The van der Waals surface area contributed by atoms with Crippen molar-refractivity contribution >= 4 is 17.2 Å². The molecular formula is C17H16N2O3S. The number of hydrogen-bond acceptors (Lipinski definition) is 4. The largest absolute Gasteiger partial charge is 0.454 e. The van der Waals surface area contributed by atoms with Gasteiger partial charge in [-0.15, -0.1) is 11.3 Å². The van der Waals surface area contributed by atoms with Gasteiger partial charge in [0.05, 0.1) is 13.1 Å². The number of thiophene rings is 1. The van der Waals surface area contributed by atoms with Gasteiger partial charge in [0, 0.05) is 17.1 Å². The van der Waals surface area contributed by atoms with E-state index in [2.05, 4.69) is 5.32 Å². The molecule has 0 radical (unpaired) electrons. The zero-order chi connectivity index (χ0) is 16.2. The summed E-state index contributed by atoms with van der Waals surface area (Å²) in [6.45, 7) is 2.80. The van der Waals surface area contributed by atoms with Crippen LogP contribution in [-0.4, -0.2) is 10.5 Å². The van der Waals surface area contributed by atoms with Gasteiger partial charge in [-0.2, -0.15) is 0 Å². The molecule has 3 rings (SSSR count). The van der Waals surface area contributed by atoms with Crippen LogP contribution in [0.3, 0.4) is 0 Å². The quantitative estimate of drug-likeness (QED) is 0.783. The van der Waals surface area contributed by atoms with Crippen molar-refractivity contribution in [3.05, 3.63) is 80.3 Å². The highest BCUT2D eigenvalue weighted by Crippen LogP contribution is 2.15. The summed E-state index contributed by atoms with van der Waals surface area (Å²) in [5.74, 6) is 0.554. The van der Waals surface area contributed by atoms with Crippen molar-refractivity contribution in [2.24, 2.45) is 0 Å². The molecule has 0 spiro atoms. The van der Waals surface area contributed by atoms with Crippen LogP contribution >= 0.6 is 11.3 Å². The number of amides is 1. The predicted molar refractivity (Wildman–Crippen MR) is 88.7 cm³/mol. The van der Waals surface area contributed by atoms with E-state index in [1.165, 1.54) is 16.2 Å². The molecule has 0 atom stereocenters. The molecule has 5 nitrogen and oxygen atoms in total. The number of pyridine rings is 1. The molecule has 3 heterocycles. The van der Waals surface area contributed by atoms with Crippen molar-refractivity contribution in [2.75, 3.05) is 0 Å². The summed E-state index contributed by atoms with van der Waals surface area (Å²) in [7, 11) is 0. The zero-order valence-electron chi connectivity index (χ0n) is 12.6. The minimum atomic E-state index is -0.260. The first kappa shape index (κ1) is 15.3. The van der Waals surface area contributed by atoms with E-state index in [4.69, 9.17) is 4.42 Å². The number of carbonyl (C=O) groups excluding carboxylic acids is 1. The minimum absolute atomic E-state index is 0.108. The van der Waals surface area contributed by atoms with Crippen LogP contribution in [-0.2, 0) is 13.1 Å². The van der Waals surface area contributed by atoms with Crippen LogP contribution in [0.15, 0.2) is 57.2 Å². The number of furan rings is 1. The molecule has 0 aromatic carbocycles. The van der Waals surface area contributed by atoms with Gasteiger partial charge >= 0.3 is 0 Å². The Morgan fingerprint density at radius 2 is 2.13 bits per heavy atom. The lowest BCUT2D eigenvalue weighted by Crippen LogP contribution is -2.22. The Hall–Kier alpha value is -2.60. The monoisotopic (exact) mass is 328 g/mol. The summed E-state index contributed by atoms with van der Waals surface area (Å²) in [5.41, 5.74) is 1.06. The lowest BCUT2D eigenvalue weighted by atomic mass is 10.3. The first-order valence-electron chi connectivity index (χ1n) is 7.19. The van der Waals surface area contributed by atoms with Gasteiger partial charge in [0.15, 0.2) is 5.76 Å². The summed E-state index contributed by atoms with van der Waals surface area (Å²) in [6.07, 6.45) is 1.68. The zero-order valence-corrected chi connectivity index (χ0v) is 13.4. The maximum Gasteiger partial charge on any atom is 0.287 e. The number of carbonyl (C=O) groups is 1. The third-order valence-electron chi connectivity index (χ3n) is 3.49. The van der Waals surface area contributed by atoms with Gasteiger partial charge in [-0.3, -0.25) is 9.59 Å². The summed E-state index contributed by atoms with van der Waals surface area (Å²) in [6, 6.07) is 10.3. The van der Waals surface area contributed by atoms with Gasteiger partial charge in [0.1, 0.15) is 5.76 Å². The molecule has 3 aromatic heterocycles. The molecular weight excluding hydrogens is 312 g/mol. The molecule has 0 saturated carbocycles. The molecule has 0 aliphatic rings. The summed E-state index contributed by atoms with van der Waals surface area (Å²) in [4.78, 5) is 24.9. The van der Waals surface area contributed by atoms with E-state index >= 15 is 0 Å². The average Bonchev–Trinajstić information content (AvgIpc) is 3.16. The molecule has 0 bridgehead atoms. The van der Waals surface area contributed by atoms with Crippen LogP contribution < -0.4 is 10.9 Å². The van der Waals surface area contributed by atoms with Crippen molar-refractivity contribution in [2.45, 2.75) is 20.0 Å². The Morgan fingerprint density at radius 1 is 1.26 bits per heavy atom. The summed E-state index contributed by atoms with van der Waals surface area (Å²) in [5, 5.41) is 4.84. The average molecular weight is 328 g/mol. The standard InChI is InChI=1S/C17H16N2O3S/c1-12-7-9-23-15(12)10-18-17(21)14-6-5-13(22-14)11-19-8-3-2-4-16(19)20/h2-9H,10-11H2,1H3,(H,18,21). The van der Waals surface area contributed by atoms with E-state index < -0.39 is 0 Å². The topological polar surface area (TPSA) is 64.2 Å². The number of nitrogens with zero attached hydrogens (tertiary/aromatic N) is 1. The number of rotatable bonds is 5. The Balaban J connectivity index is 1.64. The maximum atomic E-state index is 12.1. The number of nitrogens with one attached hydrogen (secondary N) is 1. The van der Waals surface area contributed by atoms with Crippen LogP contribution in [0.1, 0.15) is 26.8 Å². The molecule has 0 fully saturated rings. The number of aryl methyl sites for hydroxylation is 1. The predicted octanol–water partition coefficient (Wildman–Crippen LogP) is 2.79. The second kappa shape index (κ2) is 6.66. The molecule has 1 N–H and O–H groups in total. The highest BCUT2D eigenvalue weighted by Gasteiger charge is 2.12. The lowest BCUT2D eigenvalue weighted by molar-refractivity contribution is 0.0921. The molecule has 23 heavy (non-hydrogen) atoms. The van der Waals surface area contributed by atoms with Crippen molar-refractivity contribution < 1.29 is 9.21 Å². The van der Waals surface area contributed by atoms with E-state index in [0.29, 0.717) is 18.8 Å². The molecule has 0 unspecified atom stereocenters. The van der Waals surface area contributed by atoms with E-state index in [1.54, 1.807) is 41.8 Å². The molecule has 3 aromatic rings. The lowest BCUT2D eigenvalue weighted by Gasteiger charge is -2.03. The van der Waals surface area contributed by atoms with Gasteiger partial charge in [-0.1, -0.05) is 6.07 Å². The molecule has 0 saturated heterocycles. The minimum Gasteiger partial charge on any atom is -0.454 e. The van der Waals surface area contributed by atoms with Gasteiger partial charge in [0.2, 0.25) is 0 Å². The number of aromatic nitrogens is 1. The Labute approximate surface area is 137 Å². The van der Waals surface area contributed by atoms with Crippen molar-refractivity contribution in [3.63, 3.8) is 0 Å². The molecule has 1 amide bonds. The Kier molecular flexibility index (Phi) is 4.43. The second-order valence-corrected chi connectivity index (χ2v) is 6.14. The van der Waals surface area contributed by atoms with Crippen LogP contribution in [0.5, 0.6) is 0 Å². The first-order valence-corrected chi connectivity index (χ1v) is 8.07. The van der Waals surface area contributed by atoms with Crippen LogP contribution in [0.4, 0.5) is 0 Å². The fraction of sp³-hybridized carbons (Fsp3) is 0.176. The number of hydrogen-bond donors (Lipinski definition) is 1. The molecule has 6 heteroatoms. The van der Waals surface area contributed by atoms with Gasteiger partial charge in [-0.05, 0) is 42.1 Å². The highest BCUT2D eigenvalue weighted by molar-refractivity contribution is 7.10. The SMILES string of the molecule is Cc1ccsc1CNC(=O)c1ccc(Cn2ccccc2=O)o1. The highest BCUT2D eigenvalue weighted by atomic mass is 32.1. The van der Waals surface area contributed by atoms with Crippen LogP contribution in [0.2, 0.25) is 0 Å². The Morgan fingerprint density at radius 3 is 2.87 bits per heavy atom. The van der Waals surface area contributed by atoms with E-state index in [-0.39, 0.29) is 17.2 Å². The second-order valence-electron chi connectivity index (χ2n) is 5.14. The van der Waals surface area contributed by atoms with Gasteiger partial charge in [-0.25, -0.2) is 0 Å². The van der Waals surface area contributed by atoms with Crippen molar-refractivity contribution in [3.8, 4) is 0 Å². The third kappa shape index (κ3) is 3.60. The molecule has 118 valence electrons. The van der Waals surface area contributed by atoms with Gasteiger partial charge in [0.25, 0.3) is 11.5 Å². The smallest absolute Gasteiger partial charge is 0.287 e. The van der Waals surface area contributed by atoms with Crippen molar-refractivity contribution in [1.82, 2.24) is 9.88 Å². The fourth-order valence-corrected chi connectivity index (χ4v) is 3.02. The van der Waals surface area contributed by atoms with E-state index in [9.17, 15) is 9.59 Å². The Bertz CT molecular complexity index is 876. The fourth-order valence-electron chi connectivity index (χ4n) is 2.18. The summed E-state index contributed by atoms with van der Waals surface area (Å²) >= 11 is 1.61. The normalized spacial score (nSPS) is 10.7. The molecule has 0 aliphatic heterocycles. The van der Waals surface area contributed by atoms with E-state index in [1.807, 2.05) is 18.4 Å². The third-order valence-corrected chi connectivity index (χ3v) is 4.51. The van der Waals surface area contributed by atoms with Crippen LogP contribution in [0.25, 0.3) is 0 Å². The maximum absolute atomic E-state index is 12.1.